The Labute approximate surface area is 298 Å². The van der Waals surface area contributed by atoms with Crippen molar-refractivity contribution >= 4 is 46.4 Å². The lowest BCUT2D eigenvalue weighted by Crippen LogP contribution is -2.13. The second-order valence-corrected chi connectivity index (χ2v) is 12.0. The first kappa shape index (κ1) is 36.8. The monoisotopic (exact) mass is 682 g/mol. The molecule has 3 amide bonds. The largest absolute Gasteiger partial charge is 0.322 e. The first-order valence-corrected chi connectivity index (χ1v) is 16.3. The first-order chi connectivity index (χ1) is 24.0. The zero-order valence-corrected chi connectivity index (χ0v) is 29.2. The number of anilines is 3. The number of nitrogens with zero attached hydrogens (tertiary/aromatic N) is 1. The highest BCUT2D eigenvalue weighted by Gasteiger charge is 2.08. The quantitative estimate of drug-likeness (QED) is 0.163. The van der Waals surface area contributed by atoms with Gasteiger partial charge in [0.15, 0.2) is 0 Å². The molecule has 8 heteroatoms. The number of hydrogen-bond acceptors (Lipinski definition) is 4. The van der Waals surface area contributed by atoms with E-state index in [1.54, 1.807) is 48.7 Å². The summed E-state index contributed by atoms with van der Waals surface area (Å²) in [7, 11) is 0. The summed E-state index contributed by atoms with van der Waals surface area (Å²) in [6.45, 7) is 8.00. The number of amides is 3. The molecule has 252 valence electrons. The number of aromatic nitrogens is 1. The third-order valence-corrected chi connectivity index (χ3v) is 7.43. The van der Waals surface area contributed by atoms with E-state index in [0.717, 1.165) is 33.8 Å². The molecule has 0 saturated carbocycles. The van der Waals surface area contributed by atoms with Crippen LogP contribution in [0.1, 0.15) is 53.5 Å². The van der Waals surface area contributed by atoms with Crippen molar-refractivity contribution in [2.45, 2.75) is 27.7 Å². The topological polar surface area (TPSA) is 100 Å². The van der Waals surface area contributed by atoms with E-state index in [2.05, 4.69) is 20.9 Å². The molecule has 0 aliphatic carbocycles. The van der Waals surface area contributed by atoms with E-state index in [1.807, 2.05) is 125 Å². The average molecular weight is 683 g/mol. The average Bonchev–Trinajstić information content (AvgIpc) is 3.12. The van der Waals surface area contributed by atoms with E-state index < -0.39 is 0 Å². The third-order valence-electron chi connectivity index (χ3n) is 7.19. The minimum atomic E-state index is -0.190. The number of aryl methyl sites for hydroxylation is 4. The predicted molar refractivity (Wildman–Crippen MR) is 204 cm³/mol. The van der Waals surface area contributed by atoms with Crippen LogP contribution in [0.25, 0.3) is 0 Å². The van der Waals surface area contributed by atoms with E-state index >= 15 is 0 Å². The summed E-state index contributed by atoms with van der Waals surface area (Å²) >= 11 is 5.83. The van der Waals surface area contributed by atoms with Crippen LogP contribution in [-0.4, -0.2) is 22.7 Å². The van der Waals surface area contributed by atoms with Crippen LogP contribution in [0.3, 0.4) is 0 Å². The molecule has 0 spiro atoms. The maximum atomic E-state index is 11.9. The molecule has 7 nitrogen and oxygen atoms in total. The van der Waals surface area contributed by atoms with Gasteiger partial charge in [0.05, 0.1) is 0 Å². The second kappa shape index (κ2) is 18.5. The Kier molecular flexibility index (Phi) is 13.6. The Hall–Kier alpha value is -6.05. The molecule has 1 heterocycles. The number of carbonyl (C=O) groups excluding carboxylic acids is 3. The van der Waals surface area contributed by atoms with Crippen molar-refractivity contribution in [3.05, 3.63) is 190 Å². The maximum Gasteiger partial charge on any atom is 0.274 e. The van der Waals surface area contributed by atoms with Gasteiger partial charge in [0, 0.05) is 39.4 Å². The molecule has 5 aromatic carbocycles. The van der Waals surface area contributed by atoms with E-state index in [4.69, 9.17) is 11.6 Å². The van der Waals surface area contributed by atoms with Crippen molar-refractivity contribution in [2.24, 2.45) is 0 Å². The lowest BCUT2D eigenvalue weighted by atomic mass is 10.1. The number of rotatable bonds is 6. The van der Waals surface area contributed by atoms with Gasteiger partial charge in [0.2, 0.25) is 0 Å². The van der Waals surface area contributed by atoms with Crippen LogP contribution in [0.2, 0.25) is 5.02 Å². The third kappa shape index (κ3) is 12.2. The van der Waals surface area contributed by atoms with Crippen LogP contribution >= 0.6 is 11.6 Å². The predicted octanol–water partition coefficient (Wildman–Crippen LogP) is 10.1. The molecule has 0 aliphatic rings. The van der Waals surface area contributed by atoms with Crippen LogP contribution < -0.4 is 16.0 Å². The van der Waals surface area contributed by atoms with E-state index in [1.165, 1.54) is 5.56 Å². The molecule has 0 fully saturated rings. The molecule has 0 atom stereocenters. The van der Waals surface area contributed by atoms with Crippen molar-refractivity contribution in [2.75, 3.05) is 16.0 Å². The highest BCUT2D eigenvalue weighted by molar-refractivity contribution is 6.31. The van der Waals surface area contributed by atoms with Crippen LogP contribution in [0.15, 0.2) is 146 Å². The summed E-state index contributed by atoms with van der Waals surface area (Å²) < 4.78 is 0. The maximum absolute atomic E-state index is 11.9. The summed E-state index contributed by atoms with van der Waals surface area (Å²) in [5.74, 6) is -0.418. The van der Waals surface area contributed by atoms with Crippen molar-refractivity contribution in [3.63, 3.8) is 0 Å². The molecule has 50 heavy (non-hydrogen) atoms. The van der Waals surface area contributed by atoms with Gasteiger partial charge >= 0.3 is 0 Å². The summed E-state index contributed by atoms with van der Waals surface area (Å²) in [4.78, 5) is 39.5. The van der Waals surface area contributed by atoms with Gasteiger partial charge in [-0.3, -0.25) is 19.4 Å². The molecule has 0 aliphatic heterocycles. The van der Waals surface area contributed by atoms with Crippen molar-refractivity contribution < 1.29 is 14.4 Å². The van der Waals surface area contributed by atoms with E-state index in [0.29, 0.717) is 21.8 Å². The minimum Gasteiger partial charge on any atom is -0.322 e. The molecule has 1 aromatic heterocycles. The fraction of sp³-hybridized carbons (Fsp3) is 0.0952. The lowest BCUT2D eigenvalue weighted by molar-refractivity contribution is 0.101. The van der Waals surface area contributed by atoms with Crippen molar-refractivity contribution in [1.82, 2.24) is 4.98 Å². The number of nitrogens with one attached hydrogen (secondary N) is 3. The standard InChI is InChI=1S/C15H15NO.C14H12ClNO.C13H12N2O/c1-11-6-8-14(9-7-11)16-15(17)13-5-3-4-12(2)10-13;1-10-5-7-13(8-6-10)16-14(17)11-3-2-4-12(15)9-11;1-10-5-7-11(8-6-10)15-13(16)12-4-2-3-9-14-12/h3-10H,1-2H3,(H,16,17);2-9H,1H3,(H,16,17);2-9H,1H3,(H,15,16). The smallest absolute Gasteiger partial charge is 0.274 e. The van der Waals surface area contributed by atoms with E-state index in [9.17, 15) is 14.4 Å². The number of hydrogen-bond donors (Lipinski definition) is 3. The summed E-state index contributed by atoms with van der Waals surface area (Å²) in [5, 5.41) is 9.03. The van der Waals surface area contributed by atoms with E-state index in [-0.39, 0.29) is 17.7 Å². The SMILES string of the molecule is Cc1ccc(NC(=O)c2cccc(C)c2)cc1.Cc1ccc(NC(=O)c2cccc(Cl)c2)cc1.Cc1ccc(NC(=O)c2ccccn2)cc1. The normalized spacial score (nSPS) is 9.94. The lowest BCUT2D eigenvalue weighted by Gasteiger charge is -2.06. The van der Waals surface area contributed by atoms with Crippen LogP contribution in [0.4, 0.5) is 17.1 Å². The second-order valence-electron chi connectivity index (χ2n) is 11.6. The number of pyridine rings is 1. The van der Waals surface area contributed by atoms with Crippen LogP contribution in [-0.2, 0) is 0 Å². The summed E-state index contributed by atoms with van der Waals surface area (Å²) in [5.41, 5.74) is 8.62. The molecule has 6 rings (SSSR count). The highest BCUT2D eigenvalue weighted by atomic mass is 35.5. The van der Waals surface area contributed by atoms with Crippen molar-refractivity contribution in [1.29, 1.82) is 0 Å². The van der Waals surface area contributed by atoms with Crippen LogP contribution in [0, 0.1) is 27.7 Å². The molecular formula is C42H39ClN4O3. The summed E-state index contributed by atoms with van der Waals surface area (Å²) in [6.07, 6.45) is 1.60. The zero-order valence-electron chi connectivity index (χ0n) is 28.4. The van der Waals surface area contributed by atoms with Gasteiger partial charge in [-0.25, -0.2) is 0 Å². The van der Waals surface area contributed by atoms with Gasteiger partial charge in [-0.1, -0.05) is 94.5 Å². The first-order valence-electron chi connectivity index (χ1n) is 15.9. The summed E-state index contributed by atoms with van der Waals surface area (Å²) in [6, 6.07) is 42.7. The molecule has 3 N–H and O–H groups in total. The highest BCUT2D eigenvalue weighted by Crippen LogP contribution is 2.15. The van der Waals surface area contributed by atoms with Gasteiger partial charge in [-0.15, -0.1) is 0 Å². The Morgan fingerprint density at radius 2 is 0.900 bits per heavy atom. The Balaban J connectivity index is 0.000000169. The minimum absolute atomic E-state index is 0.0717. The van der Waals surface area contributed by atoms with Crippen molar-refractivity contribution in [3.8, 4) is 0 Å². The number of benzene rings is 5. The molecule has 0 bridgehead atoms. The molecule has 0 radical (unpaired) electrons. The molecule has 0 unspecified atom stereocenters. The fourth-order valence-electron chi connectivity index (χ4n) is 4.43. The zero-order chi connectivity index (χ0) is 35.9. The van der Waals surface area contributed by atoms with Gasteiger partial charge in [0.25, 0.3) is 17.7 Å². The van der Waals surface area contributed by atoms with Gasteiger partial charge in [-0.2, -0.15) is 0 Å². The number of halogens is 1. The van der Waals surface area contributed by atoms with Gasteiger partial charge < -0.3 is 16.0 Å². The number of carbonyl (C=O) groups is 3. The van der Waals surface area contributed by atoms with Gasteiger partial charge in [-0.05, 0) is 107 Å². The Bertz CT molecular complexity index is 1910. The fourth-order valence-corrected chi connectivity index (χ4v) is 4.62. The molecule has 0 saturated heterocycles. The molecule has 6 aromatic rings. The van der Waals surface area contributed by atoms with Crippen LogP contribution in [0.5, 0.6) is 0 Å². The Morgan fingerprint density at radius 3 is 1.32 bits per heavy atom. The van der Waals surface area contributed by atoms with Gasteiger partial charge in [0.1, 0.15) is 5.69 Å². The molecular weight excluding hydrogens is 644 g/mol. The Morgan fingerprint density at radius 1 is 0.460 bits per heavy atom.